The Morgan fingerprint density at radius 3 is 3.00 bits per heavy atom. The van der Waals surface area contributed by atoms with E-state index in [2.05, 4.69) is 10.3 Å². The number of hydrogen-bond acceptors (Lipinski definition) is 6. The molecule has 1 aromatic heterocycles. The average molecular weight is 330 g/mol. The van der Waals surface area contributed by atoms with Gasteiger partial charge in [0.15, 0.2) is 17.6 Å². The molecule has 2 aromatic rings. The van der Waals surface area contributed by atoms with Crippen molar-refractivity contribution in [3.8, 4) is 17.2 Å². The van der Waals surface area contributed by atoms with Crippen molar-refractivity contribution in [1.29, 1.82) is 0 Å². The van der Waals surface area contributed by atoms with E-state index in [9.17, 15) is 4.79 Å². The van der Waals surface area contributed by atoms with Gasteiger partial charge in [-0.3, -0.25) is 9.48 Å². The van der Waals surface area contributed by atoms with Crippen LogP contribution in [0.15, 0.2) is 30.6 Å². The first-order valence-electron chi connectivity index (χ1n) is 7.88. The average Bonchev–Trinajstić information content (AvgIpc) is 3.20. The molecule has 1 fully saturated rings. The van der Waals surface area contributed by atoms with E-state index in [1.807, 2.05) is 6.20 Å². The van der Waals surface area contributed by atoms with Gasteiger partial charge in [0.2, 0.25) is 6.79 Å². The van der Waals surface area contributed by atoms with Crippen LogP contribution in [0.1, 0.15) is 6.92 Å². The summed E-state index contributed by atoms with van der Waals surface area (Å²) in [6.07, 6.45) is 2.94. The molecule has 0 saturated carbocycles. The number of nitrogens with zero attached hydrogens (tertiary/aromatic N) is 4. The van der Waals surface area contributed by atoms with Crippen LogP contribution in [0, 0.1) is 5.92 Å². The molecule has 1 unspecified atom stereocenters. The lowest BCUT2D eigenvalue weighted by Gasteiger charge is -2.40. The van der Waals surface area contributed by atoms with E-state index in [4.69, 9.17) is 14.2 Å². The highest BCUT2D eigenvalue weighted by atomic mass is 16.7. The van der Waals surface area contributed by atoms with Crippen LogP contribution in [0.25, 0.3) is 0 Å². The lowest BCUT2D eigenvalue weighted by atomic mass is 9.99. The Bertz CT molecular complexity index is 728. The second-order valence-corrected chi connectivity index (χ2v) is 6.01. The maximum atomic E-state index is 12.4. The van der Waals surface area contributed by atoms with Gasteiger partial charge >= 0.3 is 0 Å². The van der Waals surface area contributed by atoms with Gasteiger partial charge in [0.05, 0.1) is 6.20 Å². The molecule has 8 nitrogen and oxygen atoms in total. The number of carbonyl (C=O) groups excluding carboxylic acids is 1. The number of ether oxygens (including phenoxy) is 3. The molecule has 24 heavy (non-hydrogen) atoms. The van der Waals surface area contributed by atoms with Crippen LogP contribution in [0.2, 0.25) is 0 Å². The van der Waals surface area contributed by atoms with Crippen LogP contribution < -0.4 is 14.2 Å². The molecule has 1 saturated heterocycles. The van der Waals surface area contributed by atoms with Crippen LogP contribution in [-0.4, -0.2) is 51.8 Å². The summed E-state index contributed by atoms with van der Waals surface area (Å²) in [6.45, 7) is 4.19. The minimum Gasteiger partial charge on any atom is -0.481 e. The van der Waals surface area contributed by atoms with Crippen LogP contribution in [-0.2, 0) is 11.3 Å². The van der Waals surface area contributed by atoms with Crippen molar-refractivity contribution >= 4 is 5.91 Å². The normalized spacial score (nSPS) is 17.5. The second kappa shape index (κ2) is 6.03. The molecule has 4 rings (SSSR count). The molecule has 2 aliphatic heterocycles. The Hall–Kier alpha value is -2.77. The molecular weight excluding hydrogens is 312 g/mol. The Balaban J connectivity index is 1.29. The monoisotopic (exact) mass is 330 g/mol. The zero-order valence-corrected chi connectivity index (χ0v) is 13.3. The van der Waals surface area contributed by atoms with Gasteiger partial charge in [-0.2, -0.15) is 0 Å². The van der Waals surface area contributed by atoms with Crippen molar-refractivity contribution in [2.75, 3.05) is 19.9 Å². The van der Waals surface area contributed by atoms with E-state index in [-0.39, 0.29) is 12.7 Å². The number of fused-ring (bicyclic) bond motifs is 1. The van der Waals surface area contributed by atoms with Gasteiger partial charge in [0.25, 0.3) is 5.91 Å². The highest BCUT2D eigenvalue weighted by Crippen LogP contribution is 2.35. The minimum atomic E-state index is -0.544. The first-order chi connectivity index (χ1) is 11.7. The molecule has 0 aliphatic carbocycles. The van der Waals surface area contributed by atoms with Crippen molar-refractivity contribution in [3.05, 3.63) is 30.6 Å². The maximum absolute atomic E-state index is 12.4. The molecule has 1 amide bonds. The quantitative estimate of drug-likeness (QED) is 0.812. The third kappa shape index (κ3) is 2.86. The van der Waals surface area contributed by atoms with E-state index in [1.165, 1.54) is 0 Å². The Morgan fingerprint density at radius 1 is 1.38 bits per heavy atom. The number of likely N-dealkylation sites (tertiary alicyclic amines) is 1. The number of carbonyl (C=O) groups is 1. The van der Waals surface area contributed by atoms with Gasteiger partial charge in [-0.25, -0.2) is 0 Å². The minimum absolute atomic E-state index is 0.0116. The van der Waals surface area contributed by atoms with E-state index < -0.39 is 6.10 Å². The van der Waals surface area contributed by atoms with E-state index >= 15 is 0 Å². The molecular formula is C16H18N4O4. The van der Waals surface area contributed by atoms with Crippen molar-refractivity contribution in [1.82, 2.24) is 19.9 Å². The van der Waals surface area contributed by atoms with E-state index in [1.54, 1.807) is 40.9 Å². The Kier molecular flexibility index (Phi) is 3.72. The maximum Gasteiger partial charge on any atom is 0.263 e. The smallest absolute Gasteiger partial charge is 0.263 e. The van der Waals surface area contributed by atoms with Crippen molar-refractivity contribution in [2.24, 2.45) is 5.92 Å². The summed E-state index contributed by atoms with van der Waals surface area (Å²) >= 11 is 0. The third-order valence-electron chi connectivity index (χ3n) is 4.19. The van der Waals surface area contributed by atoms with Crippen molar-refractivity contribution in [3.63, 3.8) is 0 Å². The number of hydrogen-bond donors (Lipinski definition) is 0. The van der Waals surface area contributed by atoms with Crippen LogP contribution >= 0.6 is 0 Å². The molecule has 3 heterocycles. The third-order valence-corrected chi connectivity index (χ3v) is 4.19. The van der Waals surface area contributed by atoms with Crippen LogP contribution in [0.4, 0.5) is 0 Å². The van der Waals surface area contributed by atoms with Crippen LogP contribution in [0.3, 0.4) is 0 Å². The second-order valence-electron chi connectivity index (χ2n) is 6.01. The molecule has 1 aromatic carbocycles. The fourth-order valence-electron chi connectivity index (χ4n) is 2.92. The van der Waals surface area contributed by atoms with Gasteiger partial charge in [0, 0.05) is 37.8 Å². The summed E-state index contributed by atoms with van der Waals surface area (Å²) in [4.78, 5) is 14.2. The van der Waals surface area contributed by atoms with Crippen LogP contribution in [0.5, 0.6) is 17.2 Å². The lowest BCUT2D eigenvalue weighted by Crippen LogP contribution is -2.54. The molecule has 0 N–H and O–H groups in total. The van der Waals surface area contributed by atoms with Gasteiger partial charge in [0.1, 0.15) is 5.75 Å². The molecule has 0 bridgehead atoms. The van der Waals surface area contributed by atoms with Crippen molar-refractivity contribution < 1.29 is 19.0 Å². The summed E-state index contributed by atoms with van der Waals surface area (Å²) in [5.74, 6) is 2.33. The summed E-state index contributed by atoms with van der Waals surface area (Å²) in [7, 11) is 0. The summed E-state index contributed by atoms with van der Waals surface area (Å²) in [6, 6.07) is 5.31. The Morgan fingerprint density at radius 2 is 2.21 bits per heavy atom. The first-order valence-corrected chi connectivity index (χ1v) is 7.88. The SMILES string of the molecule is CC(Oc1ccc2c(c1)OCO2)C(=O)N1CC(Cn2ccnn2)C1. The molecule has 8 heteroatoms. The molecule has 0 radical (unpaired) electrons. The summed E-state index contributed by atoms with van der Waals surface area (Å²) in [5, 5.41) is 7.72. The van der Waals surface area contributed by atoms with Gasteiger partial charge in [-0.1, -0.05) is 5.21 Å². The number of benzene rings is 1. The predicted octanol–water partition coefficient (Wildman–Crippen LogP) is 0.933. The fourth-order valence-corrected chi connectivity index (χ4v) is 2.92. The molecule has 0 spiro atoms. The lowest BCUT2D eigenvalue weighted by molar-refractivity contribution is -0.144. The first kappa shape index (κ1) is 14.8. The highest BCUT2D eigenvalue weighted by molar-refractivity contribution is 5.81. The van der Waals surface area contributed by atoms with E-state index in [0.29, 0.717) is 36.3 Å². The summed E-state index contributed by atoms with van der Waals surface area (Å²) in [5.41, 5.74) is 0. The summed E-state index contributed by atoms with van der Waals surface area (Å²) < 4.78 is 18.1. The highest BCUT2D eigenvalue weighted by Gasteiger charge is 2.34. The number of rotatable bonds is 5. The topological polar surface area (TPSA) is 78.7 Å². The van der Waals surface area contributed by atoms with Crippen molar-refractivity contribution in [2.45, 2.75) is 19.6 Å². The zero-order valence-electron chi connectivity index (χ0n) is 13.3. The van der Waals surface area contributed by atoms with E-state index in [0.717, 1.165) is 6.54 Å². The fraction of sp³-hybridized carbons (Fsp3) is 0.438. The Labute approximate surface area is 138 Å². The van der Waals surface area contributed by atoms with Gasteiger partial charge < -0.3 is 19.1 Å². The molecule has 126 valence electrons. The molecule has 1 atom stereocenters. The largest absolute Gasteiger partial charge is 0.481 e. The standard InChI is InChI=1S/C16H18N4O4/c1-11(24-13-2-3-14-15(6-13)23-10-22-14)16(21)19-7-12(8-19)9-20-5-4-17-18-20/h2-6,11-12H,7-10H2,1H3. The predicted molar refractivity (Wildman–Crippen MR) is 82.7 cm³/mol. The number of amides is 1. The number of aromatic nitrogens is 3. The van der Waals surface area contributed by atoms with Gasteiger partial charge in [-0.05, 0) is 19.1 Å². The van der Waals surface area contributed by atoms with Gasteiger partial charge in [-0.15, -0.1) is 5.10 Å². The zero-order chi connectivity index (χ0) is 16.5. The molecule has 2 aliphatic rings.